The van der Waals surface area contributed by atoms with Crippen molar-refractivity contribution >= 4 is 30.1 Å². The first kappa shape index (κ1) is 42.3. The van der Waals surface area contributed by atoms with E-state index >= 15 is 0 Å². The molecule has 8 rings (SSSR count). The number of aromatic nitrogens is 4. The van der Waals surface area contributed by atoms with Crippen molar-refractivity contribution in [3.63, 3.8) is 0 Å². The molecule has 3 fully saturated rings. The summed E-state index contributed by atoms with van der Waals surface area (Å²) in [6, 6.07) is 15.1. The van der Waals surface area contributed by atoms with E-state index < -0.39 is 30.3 Å². The number of benzene rings is 2. The number of alkyl carbamates (subject to hydrolysis) is 2. The monoisotopic (exact) mass is 841 g/mol. The third-order valence-electron chi connectivity index (χ3n) is 13.2. The van der Waals surface area contributed by atoms with Crippen LogP contribution in [-0.2, 0) is 25.5 Å². The zero-order chi connectivity index (χ0) is 43.9. The maximum atomic E-state index is 13.9. The van der Waals surface area contributed by atoms with Crippen LogP contribution >= 0.6 is 0 Å². The van der Waals surface area contributed by atoms with Gasteiger partial charge in [-0.15, -0.1) is 0 Å². The fourth-order valence-corrected chi connectivity index (χ4v) is 9.33. The number of allylic oxidation sites excluding steroid dienone is 1. The Kier molecular flexibility index (Phi) is 11.7. The van der Waals surface area contributed by atoms with Crippen molar-refractivity contribution in [2.75, 3.05) is 27.3 Å². The highest BCUT2D eigenvalue weighted by Gasteiger charge is 2.55. The normalized spacial score (nSPS) is 22.0. The number of hydrogen-bond acceptors (Lipinski definition) is 9. The lowest BCUT2D eigenvalue weighted by Crippen LogP contribution is -2.51. The predicted octanol–water partition coefficient (Wildman–Crippen LogP) is 7.05. The van der Waals surface area contributed by atoms with Gasteiger partial charge < -0.3 is 39.9 Å². The minimum atomic E-state index is -0.804. The summed E-state index contributed by atoms with van der Waals surface area (Å²) in [6.45, 7) is 8.46. The van der Waals surface area contributed by atoms with Gasteiger partial charge in [0.15, 0.2) is 0 Å². The van der Waals surface area contributed by atoms with Crippen molar-refractivity contribution in [3.05, 3.63) is 89.3 Å². The van der Waals surface area contributed by atoms with E-state index in [1.54, 1.807) is 11.1 Å². The van der Waals surface area contributed by atoms with Crippen LogP contribution in [0.15, 0.2) is 60.9 Å². The number of aromatic amines is 2. The number of ether oxygens (including phenoxy) is 2. The fraction of sp³-hybridized carbons (Fsp3) is 0.468. The van der Waals surface area contributed by atoms with E-state index in [0.29, 0.717) is 18.8 Å². The summed E-state index contributed by atoms with van der Waals surface area (Å²) in [4.78, 5) is 71.8. The van der Waals surface area contributed by atoms with Gasteiger partial charge in [0.2, 0.25) is 11.8 Å². The molecule has 2 saturated heterocycles. The quantitative estimate of drug-likeness (QED) is 0.122. The van der Waals surface area contributed by atoms with Gasteiger partial charge in [0.05, 0.1) is 62.1 Å². The second-order valence-corrected chi connectivity index (χ2v) is 18.0. The molecular weight excluding hydrogens is 787 g/mol. The van der Waals surface area contributed by atoms with Gasteiger partial charge in [0, 0.05) is 24.6 Å². The zero-order valence-corrected chi connectivity index (χ0v) is 36.1. The summed E-state index contributed by atoms with van der Waals surface area (Å²) >= 11 is 0. The number of nitrogens with one attached hydrogen (secondary N) is 4. The number of amides is 4. The van der Waals surface area contributed by atoms with Crippen molar-refractivity contribution in [1.82, 2.24) is 40.4 Å². The van der Waals surface area contributed by atoms with Crippen LogP contribution in [0.25, 0.3) is 28.6 Å². The Balaban J connectivity index is 0.934. The minimum absolute atomic E-state index is 0.108. The highest BCUT2D eigenvalue weighted by molar-refractivity contribution is 5.87. The second-order valence-electron chi connectivity index (χ2n) is 18.0. The summed E-state index contributed by atoms with van der Waals surface area (Å²) in [5.41, 5.74) is 7.34. The largest absolute Gasteiger partial charge is 0.453 e. The molecule has 15 heteroatoms. The van der Waals surface area contributed by atoms with Crippen LogP contribution in [0.4, 0.5) is 9.59 Å². The smallest absolute Gasteiger partial charge is 0.407 e. The first-order valence-electron chi connectivity index (χ1n) is 21.5. The molecular formula is C47H55N9O6. The molecule has 0 radical (unpaired) electrons. The number of methoxy groups -OCH3 is 2. The molecule has 2 aliphatic heterocycles. The molecule has 2 aliphatic carbocycles. The van der Waals surface area contributed by atoms with E-state index in [0.717, 1.165) is 59.6 Å². The molecule has 4 N–H and O–H groups in total. The standard InChI is InChI=1S/C47H55N9O6/c1-26(2)39(53-45(59)61-5)43(57)55-24-28(21-48)17-37(55)41-49-23-36(52-41)34-14-13-32-18-31(11-12-33(32)19-34)29-7-9-30(10-8-29)35-22-50-42(51-35)38-20-47(15-16-47)25-56(38)44(58)40(27(3)4)54-46(60)62-6/h7-14,19,22-23,26-28,31,37-40H,15-18,20,24-25H2,1-6H3,(H,49,52)(H,50,51)(H,53,59)(H,54,60)/t28-,31?,37+,38+,39+,40+/m1/s1. The Morgan fingerprint density at radius 2 is 1.40 bits per heavy atom. The van der Waals surface area contributed by atoms with Crippen LogP contribution in [-0.4, -0.2) is 93.1 Å². The second kappa shape index (κ2) is 17.1. The van der Waals surface area contributed by atoms with Gasteiger partial charge in [0.1, 0.15) is 23.7 Å². The van der Waals surface area contributed by atoms with Crippen molar-refractivity contribution in [1.29, 1.82) is 5.26 Å². The fourth-order valence-electron chi connectivity index (χ4n) is 9.33. The van der Waals surface area contributed by atoms with E-state index in [1.807, 2.05) is 38.8 Å². The lowest BCUT2D eigenvalue weighted by Gasteiger charge is -2.30. The van der Waals surface area contributed by atoms with Crippen molar-refractivity contribution < 1.29 is 28.7 Å². The molecule has 62 heavy (non-hydrogen) atoms. The molecule has 4 aromatic rings. The number of rotatable bonds is 11. The molecule has 1 unspecified atom stereocenters. The van der Waals surface area contributed by atoms with Gasteiger partial charge in [-0.25, -0.2) is 19.6 Å². The highest BCUT2D eigenvalue weighted by atomic mass is 16.5. The summed E-state index contributed by atoms with van der Waals surface area (Å²) in [5.74, 6) is 0.509. The number of H-pyrrole nitrogens is 2. The maximum Gasteiger partial charge on any atom is 0.407 e. The van der Waals surface area contributed by atoms with Gasteiger partial charge in [0.25, 0.3) is 0 Å². The molecule has 2 aromatic carbocycles. The number of nitriles is 1. The van der Waals surface area contributed by atoms with Crippen LogP contribution in [0.5, 0.6) is 0 Å². The van der Waals surface area contributed by atoms with Gasteiger partial charge in [-0.1, -0.05) is 76.2 Å². The number of imidazole rings is 2. The van der Waals surface area contributed by atoms with Gasteiger partial charge in [-0.3, -0.25) is 9.59 Å². The average Bonchev–Trinajstić information content (AvgIpc) is 3.78. The van der Waals surface area contributed by atoms with E-state index in [4.69, 9.17) is 14.5 Å². The number of nitrogens with zero attached hydrogens (tertiary/aromatic N) is 5. The van der Waals surface area contributed by atoms with Gasteiger partial charge in [-0.2, -0.15) is 5.26 Å². The maximum absolute atomic E-state index is 13.9. The van der Waals surface area contributed by atoms with Crippen LogP contribution < -0.4 is 10.6 Å². The molecule has 0 bridgehead atoms. The molecule has 1 spiro atoms. The average molecular weight is 842 g/mol. The molecule has 6 atom stereocenters. The van der Waals surface area contributed by atoms with Crippen molar-refractivity contribution in [2.24, 2.45) is 23.2 Å². The third-order valence-corrected chi connectivity index (χ3v) is 13.2. The topological polar surface area (TPSA) is 198 Å². The van der Waals surface area contributed by atoms with E-state index in [-0.39, 0.29) is 53.5 Å². The van der Waals surface area contributed by atoms with Gasteiger partial charge in [-0.05, 0) is 77.7 Å². The molecule has 4 amide bonds. The Hall–Kier alpha value is -6.43. The first-order chi connectivity index (χ1) is 29.8. The van der Waals surface area contributed by atoms with Gasteiger partial charge >= 0.3 is 12.2 Å². The highest BCUT2D eigenvalue weighted by Crippen LogP contribution is 2.58. The van der Waals surface area contributed by atoms with E-state index in [9.17, 15) is 24.4 Å². The molecule has 2 aromatic heterocycles. The lowest BCUT2D eigenvalue weighted by molar-refractivity contribution is -0.136. The number of carbonyl (C=O) groups excluding carboxylic acids is 4. The molecule has 4 heterocycles. The molecule has 1 saturated carbocycles. The van der Waals surface area contributed by atoms with E-state index in [1.165, 1.54) is 25.3 Å². The third kappa shape index (κ3) is 8.42. The lowest BCUT2D eigenvalue weighted by atomic mass is 9.84. The Labute approximate surface area is 361 Å². The number of likely N-dealkylation sites (tertiary alicyclic amines) is 2. The Morgan fingerprint density at radius 1 is 0.823 bits per heavy atom. The SMILES string of the molecule is COC(=O)N[C@H](C(=O)N1C[C@@H](C#N)C[C@H]1c1ncc(-c2ccc3c(c2)C=CC(c2ccc(-c4cnc([C@@H]5CC6(CC6)CN5C(=O)[C@@H](NC(=O)OC)C(C)C)[nH]4)cc2)C3)[nH]1)C(C)C. The predicted molar refractivity (Wildman–Crippen MR) is 231 cm³/mol. The number of fused-ring (bicyclic) bond motifs is 1. The van der Waals surface area contributed by atoms with Crippen molar-refractivity contribution in [3.8, 4) is 28.6 Å². The summed E-state index contributed by atoms with van der Waals surface area (Å²) < 4.78 is 9.58. The van der Waals surface area contributed by atoms with Crippen LogP contribution in [0.2, 0.25) is 0 Å². The summed E-state index contributed by atoms with van der Waals surface area (Å²) in [7, 11) is 2.56. The first-order valence-corrected chi connectivity index (χ1v) is 21.5. The molecule has 4 aliphatic rings. The minimum Gasteiger partial charge on any atom is -0.453 e. The number of hydrogen-bond donors (Lipinski definition) is 4. The number of carbonyl (C=O) groups is 4. The van der Waals surface area contributed by atoms with Crippen LogP contribution in [0.1, 0.15) is 99.7 Å². The summed E-state index contributed by atoms with van der Waals surface area (Å²) in [6.07, 6.45) is 11.0. The zero-order valence-electron chi connectivity index (χ0n) is 36.1. The van der Waals surface area contributed by atoms with Crippen LogP contribution in [0, 0.1) is 34.5 Å². The Morgan fingerprint density at radius 3 is 1.98 bits per heavy atom. The van der Waals surface area contributed by atoms with Crippen LogP contribution in [0.3, 0.4) is 0 Å². The molecule has 324 valence electrons. The summed E-state index contributed by atoms with van der Waals surface area (Å²) in [5, 5.41) is 15.2. The molecule has 15 nitrogen and oxygen atoms in total. The van der Waals surface area contributed by atoms with E-state index in [2.05, 4.69) is 86.3 Å². The Bertz CT molecular complexity index is 2410. The van der Waals surface area contributed by atoms with Crippen molar-refractivity contribution in [2.45, 2.75) is 89.9 Å².